The highest BCUT2D eigenvalue weighted by Gasteiger charge is 2.49. The van der Waals surface area contributed by atoms with E-state index in [9.17, 15) is 18.0 Å². The maximum Gasteiger partial charge on any atom is 0.417 e. The number of benzene rings is 1. The average Bonchev–Trinajstić information content (AvgIpc) is 3.15. The van der Waals surface area contributed by atoms with Gasteiger partial charge in [0.2, 0.25) is 5.91 Å². The summed E-state index contributed by atoms with van der Waals surface area (Å²) in [6, 6.07) is 9.06. The lowest BCUT2D eigenvalue weighted by Crippen LogP contribution is -2.66. The summed E-state index contributed by atoms with van der Waals surface area (Å²) in [6.07, 6.45) is -1.21. The number of anilines is 2. The van der Waals surface area contributed by atoms with Crippen LogP contribution >= 0.6 is 0 Å². The monoisotopic (exact) mass is 446 g/mol. The van der Waals surface area contributed by atoms with E-state index in [4.69, 9.17) is 4.74 Å². The lowest BCUT2D eigenvalue weighted by molar-refractivity contribution is -0.137. The fourth-order valence-electron chi connectivity index (χ4n) is 4.68. The van der Waals surface area contributed by atoms with Gasteiger partial charge in [0.25, 0.3) is 0 Å². The molecule has 32 heavy (non-hydrogen) atoms. The fraction of sp³-hybridized carbons (Fsp3) is 0.478. The molecule has 3 aliphatic rings. The largest absolute Gasteiger partial charge is 0.417 e. The molecule has 0 aliphatic carbocycles. The second-order valence-corrected chi connectivity index (χ2v) is 9.12. The number of carbonyl (C=O) groups excluding carboxylic acids is 1. The van der Waals surface area contributed by atoms with E-state index in [1.54, 1.807) is 0 Å². The van der Waals surface area contributed by atoms with Crippen molar-refractivity contribution < 1.29 is 22.7 Å². The maximum absolute atomic E-state index is 12.9. The molecule has 170 valence electrons. The summed E-state index contributed by atoms with van der Waals surface area (Å²) >= 11 is 0. The van der Waals surface area contributed by atoms with Crippen LogP contribution in [0.5, 0.6) is 0 Å². The summed E-state index contributed by atoms with van der Waals surface area (Å²) < 4.78 is 44.1. The third-order valence-corrected chi connectivity index (χ3v) is 6.50. The minimum absolute atomic E-state index is 0.0821. The molecular formula is C23H25F3N4O2. The molecule has 1 N–H and O–H groups in total. The topological polar surface area (TPSA) is 57.7 Å². The summed E-state index contributed by atoms with van der Waals surface area (Å²) in [5, 5.41) is 3.01. The Hall–Kier alpha value is -2.81. The van der Waals surface area contributed by atoms with Gasteiger partial charge < -0.3 is 19.9 Å². The minimum atomic E-state index is -4.42. The van der Waals surface area contributed by atoms with E-state index in [1.807, 2.05) is 29.2 Å². The molecule has 0 bridgehead atoms. The van der Waals surface area contributed by atoms with Crippen LogP contribution < -0.4 is 15.1 Å². The van der Waals surface area contributed by atoms with Crippen molar-refractivity contribution >= 4 is 17.3 Å². The number of rotatable bonds is 5. The lowest BCUT2D eigenvalue weighted by Gasteiger charge is -2.56. The molecule has 1 spiro atoms. The number of hydrogen-bond donors (Lipinski definition) is 1. The number of carbonyl (C=O) groups is 1. The van der Waals surface area contributed by atoms with Crippen LogP contribution in [0.25, 0.3) is 0 Å². The summed E-state index contributed by atoms with van der Waals surface area (Å²) in [6.45, 7) is 4.78. The van der Waals surface area contributed by atoms with Gasteiger partial charge in [-0.05, 0) is 30.2 Å². The Morgan fingerprint density at radius 2 is 1.88 bits per heavy atom. The number of nitrogens with zero attached hydrogens (tertiary/aromatic N) is 3. The van der Waals surface area contributed by atoms with E-state index >= 15 is 0 Å². The van der Waals surface area contributed by atoms with Gasteiger partial charge in [-0.25, -0.2) is 0 Å². The van der Waals surface area contributed by atoms with E-state index in [-0.39, 0.29) is 18.4 Å². The first-order valence-corrected chi connectivity index (χ1v) is 10.8. The van der Waals surface area contributed by atoms with E-state index in [2.05, 4.69) is 15.2 Å². The van der Waals surface area contributed by atoms with Crippen molar-refractivity contribution in [2.75, 3.05) is 49.2 Å². The average molecular weight is 446 g/mol. The lowest BCUT2D eigenvalue weighted by atomic mass is 9.78. The molecule has 6 nitrogen and oxygen atoms in total. The number of aromatic nitrogens is 1. The summed E-state index contributed by atoms with van der Waals surface area (Å²) in [7, 11) is 0. The smallest absolute Gasteiger partial charge is 0.380 e. The molecular weight excluding hydrogens is 421 g/mol. The molecule has 0 saturated carbocycles. The van der Waals surface area contributed by atoms with E-state index in [0.717, 1.165) is 49.8 Å². The SMILES string of the molecule is O=C(Cc1ccc(N2CC3(COC3)C2)cc1)N[C@@H]1CCN(c2cncc(C(F)(F)F)c2)C1. The molecule has 4 heterocycles. The third-order valence-electron chi connectivity index (χ3n) is 6.50. The van der Waals surface area contributed by atoms with E-state index in [0.29, 0.717) is 30.6 Å². The Labute approximate surface area is 184 Å². The maximum atomic E-state index is 12.9. The molecule has 9 heteroatoms. The molecule has 1 aromatic carbocycles. The van der Waals surface area contributed by atoms with Crippen LogP contribution in [-0.4, -0.2) is 56.3 Å². The number of ether oxygens (including phenoxy) is 1. The standard InChI is InChI=1S/C23H25F3N4O2/c24-23(25,26)17-8-20(10-27-9-17)29-6-5-18(11-29)28-21(31)7-16-1-3-19(4-2-16)30-12-22(13-30)14-32-15-22/h1-4,8-10,18H,5-7,11-15H2,(H,28,31)/t18-/m1/s1. The van der Waals surface area contributed by atoms with Crippen LogP contribution in [0.2, 0.25) is 0 Å². The van der Waals surface area contributed by atoms with Crippen molar-refractivity contribution in [3.05, 3.63) is 53.9 Å². The quantitative estimate of drug-likeness (QED) is 0.766. The summed E-state index contributed by atoms with van der Waals surface area (Å²) in [5.41, 5.74) is 2.12. The number of halogens is 3. The van der Waals surface area contributed by atoms with Crippen LogP contribution in [0, 0.1) is 5.41 Å². The van der Waals surface area contributed by atoms with Crippen molar-refractivity contribution in [3.63, 3.8) is 0 Å². The van der Waals surface area contributed by atoms with Crippen molar-refractivity contribution in [3.8, 4) is 0 Å². The third kappa shape index (κ3) is 4.26. The number of hydrogen-bond acceptors (Lipinski definition) is 5. The van der Waals surface area contributed by atoms with E-state index in [1.165, 1.54) is 6.20 Å². The highest BCUT2D eigenvalue weighted by Crippen LogP contribution is 2.40. The molecule has 1 amide bonds. The summed E-state index contributed by atoms with van der Waals surface area (Å²) in [4.78, 5) is 20.4. The van der Waals surface area contributed by atoms with Crippen molar-refractivity contribution in [1.29, 1.82) is 0 Å². The number of alkyl halides is 3. The Kier molecular flexibility index (Phi) is 5.23. The second-order valence-electron chi connectivity index (χ2n) is 9.12. The first-order chi connectivity index (χ1) is 15.3. The first kappa shape index (κ1) is 21.1. The highest BCUT2D eigenvalue weighted by atomic mass is 19.4. The molecule has 1 atom stereocenters. The van der Waals surface area contributed by atoms with Crippen molar-refractivity contribution in [2.45, 2.75) is 25.1 Å². The molecule has 0 unspecified atom stereocenters. The van der Waals surface area contributed by atoms with Crippen molar-refractivity contribution in [2.24, 2.45) is 5.41 Å². The molecule has 5 rings (SSSR count). The predicted octanol–water partition coefficient (Wildman–Crippen LogP) is 2.87. The zero-order valence-electron chi connectivity index (χ0n) is 17.6. The number of pyridine rings is 1. The molecule has 3 aliphatic heterocycles. The van der Waals surface area contributed by atoms with Gasteiger partial charge in [0.15, 0.2) is 0 Å². The Balaban J connectivity index is 1.11. The molecule has 3 saturated heterocycles. The Morgan fingerprint density at radius 1 is 1.12 bits per heavy atom. The van der Waals surface area contributed by atoms with Gasteiger partial charge >= 0.3 is 6.18 Å². The highest BCUT2D eigenvalue weighted by molar-refractivity contribution is 5.79. The van der Waals surface area contributed by atoms with Gasteiger partial charge in [0.1, 0.15) is 0 Å². The van der Waals surface area contributed by atoms with Gasteiger partial charge in [-0.15, -0.1) is 0 Å². The van der Waals surface area contributed by atoms with Crippen LogP contribution in [0.15, 0.2) is 42.7 Å². The van der Waals surface area contributed by atoms with Gasteiger partial charge in [-0.3, -0.25) is 9.78 Å². The van der Waals surface area contributed by atoms with Gasteiger partial charge in [-0.2, -0.15) is 13.2 Å². The zero-order chi connectivity index (χ0) is 22.3. The minimum Gasteiger partial charge on any atom is -0.380 e. The normalized spacial score (nSPS) is 21.9. The summed E-state index contributed by atoms with van der Waals surface area (Å²) in [5.74, 6) is -0.0821. The van der Waals surface area contributed by atoms with Crippen LogP contribution in [0.3, 0.4) is 0 Å². The number of amides is 1. The first-order valence-electron chi connectivity index (χ1n) is 10.8. The molecule has 2 aromatic rings. The Morgan fingerprint density at radius 3 is 2.53 bits per heavy atom. The second kappa shape index (κ2) is 7.95. The van der Waals surface area contributed by atoms with Gasteiger partial charge in [0.05, 0.1) is 42.5 Å². The van der Waals surface area contributed by atoms with Crippen LogP contribution in [-0.2, 0) is 22.1 Å². The molecule has 0 radical (unpaired) electrons. The van der Waals surface area contributed by atoms with Crippen LogP contribution in [0.1, 0.15) is 17.5 Å². The molecule has 3 fully saturated rings. The predicted molar refractivity (Wildman–Crippen MR) is 114 cm³/mol. The van der Waals surface area contributed by atoms with Crippen LogP contribution in [0.4, 0.5) is 24.5 Å². The van der Waals surface area contributed by atoms with E-state index < -0.39 is 11.7 Å². The number of nitrogens with one attached hydrogen (secondary N) is 1. The van der Waals surface area contributed by atoms with Gasteiger partial charge in [-0.1, -0.05) is 12.1 Å². The Bertz CT molecular complexity index is 983. The van der Waals surface area contributed by atoms with Crippen molar-refractivity contribution in [1.82, 2.24) is 10.3 Å². The van der Waals surface area contributed by atoms with Gasteiger partial charge in [0, 0.05) is 44.1 Å². The zero-order valence-corrected chi connectivity index (χ0v) is 17.6. The molecule has 1 aromatic heterocycles. The fourth-order valence-corrected chi connectivity index (χ4v) is 4.68.